The van der Waals surface area contributed by atoms with Gasteiger partial charge in [-0.2, -0.15) is 34.2 Å². The number of benzene rings is 6. The van der Waals surface area contributed by atoms with E-state index in [1.807, 2.05) is 72.8 Å². The third-order valence-electron chi connectivity index (χ3n) is 8.41. The minimum atomic E-state index is -4.68. The first-order chi connectivity index (χ1) is 30.7. The summed E-state index contributed by atoms with van der Waals surface area (Å²) in [5, 5.41) is 32.6. The molecule has 0 amide bonds. The number of anilines is 12. The molecule has 0 saturated carbocycles. The summed E-state index contributed by atoms with van der Waals surface area (Å²) < 4.78 is 45.4. The van der Waals surface area contributed by atoms with Gasteiger partial charge >= 0.3 is 59.1 Å². The van der Waals surface area contributed by atoms with Crippen LogP contribution in [0, 0.1) is 0 Å². The average molecular weight is 927 g/mol. The van der Waals surface area contributed by atoms with Crippen molar-refractivity contribution in [1.82, 2.24) is 29.9 Å². The standard InChI is InChI=1S/C42H34N12O7S2.2Na/c55-60-61-62-35-15-7-13-31(25-35)47-41-51-37(43-27-9-3-1-4-10-27)49-39(53-41)45-29-17-21-33(22-18-29)59-34-23-19-30(20-24-34)46-40-50-38(44-28-11-5-2-6-12-28)52-42(54-40)48-32-14-8-16-36(26-32)63(56,57)58;;/h1-26,55H,(H,56,57,58)(H3,43,45,47,49,51,53)(H3,44,46,48,50,52,54);;/q;2*+1/p-2. The second-order valence-electron chi connectivity index (χ2n) is 13.0. The van der Waals surface area contributed by atoms with Crippen molar-refractivity contribution in [3.05, 3.63) is 158 Å². The van der Waals surface area contributed by atoms with E-state index in [-0.39, 0.29) is 100 Å². The second kappa shape index (κ2) is 23.3. The van der Waals surface area contributed by atoms with Gasteiger partial charge in [-0.05, 0) is 109 Å². The fourth-order valence-electron chi connectivity index (χ4n) is 5.66. The number of nitrogens with one attached hydrogen (secondary N) is 6. The van der Waals surface area contributed by atoms with Gasteiger partial charge in [-0.25, -0.2) is 8.42 Å². The van der Waals surface area contributed by atoms with Crippen LogP contribution in [0.5, 0.6) is 11.5 Å². The van der Waals surface area contributed by atoms with Gasteiger partial charge in [0.05, 0.1) is 16.9 Å². The summed E-state index contributed by atoms with van der Waals surface area (Å²) >= 11 is 0.764. The zero-order chi connectivity index (χ0) is 43.4. The van der Waals surface area contributed by atoms with Crippen LogP contribution in [0.25, 0.3) is 0 Å². The van der Waals surface area contributed by atoms with Gasteiger partial charge in [-0.1, -0.05) is 48.5 Å². The Bertz CT molecular complexity index is 2920. The first-order valence-corrected chi connectivity index (χ1v) is 20.8. The Hall–Kier alpha value is -5.92. The Labute approximate surface area is 420 Å². The Kier molecular flexibility index (Phi) is 17.4. The van der Waals surface area contributed by atoms with E-state index in [2.05, 4.69) is 71.2 Å². The summed E-state index contributed by atoms with van der Waals surface area (Å²) in [6, 6.07) is 45.5. The Balaban J connectivity index is 0.00000350. The molecule has 0 unspecified atom stereocenters. The van der Waals surface area contributed by atoms with Crippen LogP contribution >= 0.6 is 12.0 Å². The van der Waals surface area contributed by atoms with Crippen molar-refractivity contribution in [3.63, 3.8) is 0 Å². The Morgan fingerprint density at radius 3 is 1.18 bits per heavy atom. The third kappa shape index (κ3) is 14.5. The monoisotopic (exact) mass is 926 g/mol. The van der Waals surface area contributed by atoms with E-state index in [0.29, 0.717) is 33.5 Å². The zero-order valence-corrected chi connectivity index (χ0v) is 40.0. The van der Waals surface area contributed by atoms with Crippen molar-refractivity contribution >= 4 is 92.0 Å². The van der Waals surface area contributed by atoms with Gasteiger partial charge in [0.15, 0.2) is 0 Å². The van der Waals surface area contributed by atoms with E-state index in [9.17, 15) is 18.2 Å². The molecule has 65 heavy (non-hydrogen) atoms. The molecule has 2 aromatic heterocycles. The molecular formula is C42H32N12Na2O7S2. The topological polar surface area (TPSA) is 257 Å². The molecule has 2 heterocycles. The smallest absolute Gasteiger partial charge is 0.744 e. The first-order valence-electron chi connectivity index (χ1n) is 18.6. The van der Waals surface area contributed by atoms with Crippen LogP contribution in [0.15, 0.2) is 168 Å². The molecule has 0 bridgehead atoms. The summed E-state index contributed by atoms with van der Waals surface area (Å²) in [6.45, 7) is 0. The molecule has 6 aromatic carbocycles. The Morgan fingerprint density at radius 2 is 0.785 bits per heavy atom. The largest absolute Gasteiger partial charge is 1.00 e. The van der Waals surface area contributed by atoms with Crippen molar-refractivity contribution in [2.45, 2.75) is 9.79 Å². The van der Waals surface area contributed by atoms with Gasteiger partial charge in [-0.3, -0.25) is 5.04 Å². The fourth-order valence-corrected chi connectivity index (χ4v) is 6.59. The Morgan fingerprint density at radius 1 is 0.431 bits per heavy atom. The normalized spacial score (nSPS) is 10.7. The minimum Gasteiger partial charge on any atom is -0.744 e. The van der Waals surface area contributed by atoms with Gasteiger partial charge < -0.3 is 46.4 Å². The number of ether oxygens (including phenoxy) is 1. The quantitative estimate of drug-likeness (QED) is 0.0238. The summed E-state index contributed by atoms with van der Waals surface area (Å²) in [4.78, 5) is 27.3. The predicted molar refractivity (Wildman–Crippen MR) is 234 cm³/mol. The SMILES string of the molecule is O=S(=O)([O-])c1cccc(Nc2nc(Nc3ccccc3)nc(Nc3ccc(Oc4ccc(Nc5nc(Nc6ccccc6)nc(Nc6cccc(SOO[O-])c6)n5)cc4)cc3)n2)c1.[Na+].[Na+]. The van der Waals surface area contributed by atoms with Crippen molar-refractivity contribution in [3.8, 4) is 11.5 Å². The van der Waals surface area contributed by atoms with E-state index in [4.69, 9.17) is 4.74 Å². The summed E-state index contributed by atoms with van der Waals surface area (Å²) in [5.74, 6) is 2.35. The van der Waals surface area contributed by atoms with Gasteiger partial charge in [0.2, 0.25) is 35.7 Å². The van der Waals surface area contributed by atoms with Crippen molar-refractivity contribution in [1.29, 1.82) is 0 Å². The molecular weight excluding hydrogens is 895 g/mol. The van der Waals surface area contributed by atoms with Crippen LogP contribution in [-0.2, 0) is 19.5 Å². The zero-order valence-electron chi connectivity index (χ0n) is 34.4. The maximum atomic E-state index is 11.6. The molecule has 6 N–H and O–H groups in total. The van der Waals surface area contributed by atoms with Crippen LogP contribution < -0.4 is 101 Å². The maximum absolute atomic E-state index is 11.6. The van der Waals surface area contributed by atoms with Crippen LogP contribution in [-0.4, -0.2) is 42.9 Å². The fraction of sp³-hybridized carbons (Fsp3) is 0. The molecule has 8 aromatic rings. The summed E-state index contributed by atoms with van der Waals surface area (Å²) in [5.41, 5.74) is 3.73. The van der Waals surface area contributed by atoms with E-state index < -0.39 is 15.0 Å². The van der Waals surface area contributed by atoms with Crippen LogP contribution in [0.3, 0.4) is 0 Å². The number of nitrogens with zero attached hydrogens (tertiary/aromatic N) is 6. The second-order valence-corrected chi connectivity index (χ2v) is 15.1. The minimum absolute atomic E-state index is 0. The molecule has 0 fully saturated rings. The molecule has 0 atom stereocenters. The first kappa shape index (κ1) is 48.5. The molecule has 0 aliphatic carbocycles. The summed E-state index contributed by atoms with van der Waals surface area (Å²) in [7, 11) is -4.68. The van der Waals surface area contributed by atoms with E-state index in [1.54, 1.807) is 66.7 Å². The molecule has 19 nitrogen and oxygen atoms in total. The number of hydrogen-bond acceptors (Lipinski definition) is 20. The molecule has 316 valence electrons. The average Bonchev–Trinajstić information content (AvgIpc) is 3.27. The predicted octanol–water partition coefficient (Wildman–Crippen LogP) is 2.45. The maximum Gasteiger partial charge on any atom is 1.00 e. The molecule has 8 rings (SSSR count). The molecule has 0 radical (unpaired) electrons. The molecule has 23 heteroatoms. The number of hydrogen-bond donors (Lipinski definition) is 6. The number of para-hydroxylation sites is 2. The molecule has 0 aliphatic rings. The van der Waals surface area contributed by atoms with E-state index >= 15 is 0 Å². The van der Waals surface area contributed by atoms with Crippen LogP contribution in [0.4, 0.5) is 69.8 Å². The van der Waals surface area contributed by atoms with Crippen molar-refractivity contribution in [2.24, 2.45) is 0 Å². The van der Waals surface area contributed by atoms with Crippen LogP contribution in [0.2, 0.25) is 0 Å². The van der Waals surface area contributed by atoms with Gasteiger partial charge in [0, 0.05) is 39.0 Å². The number of rotatable bonds is 18. The van der Waals surface area contributed by atoms with Crippen molar-refractivity contribution < 1.29 is 91.5 Å². The third-order valence-corrected chi connectivity index (χ3v) is 9.82. The van der Waals surface area contributed by atoms with Gasteiger partial charge in [0.1, 0.15) is 21.6 Å². The van der Waals surface area contributed by atoms with Gasteiger partial charge in [-0.15, -0.1) is 0 Å². The van der Waals surface area contributed by atoms with Crippen LogP contribution in [0.1, 0.15) is 0 Å². The molecule has 0 spiro atoms. The summed E-state index contributed by atoms with van der Waals surface area (Å²) in [6.07, 6.45) is 0. The van der Waals surface area contributed by atoms with Gasteiger partial charge in [0.25, 0.3) is 0 Å². The van der Waals surface area contributed by atoms with E-state index in [0.717, 1.165) is 23.4 Å². The van der Waals surface area contributed by atoms with E-state index in [1.165, 1.54) is 18.2 Å². The van der Waals surface area contributed by atoms with Crippen molar-refractivity contribution in [2.75, 3.05) is 31.9 Å². The molecule has 0 saturated heterocycles. The molecule has 0 aliphatic heterocycles. The number of aromatic nitrogens is 6.